The van der Waals surface area contributed by atoms with Gasteiger partial charge in [0.2, 0.25) is 0 Å². The standard InChI is InChI=1S/C13H24N2O4/c1-6-9(10(16)17)14-11(18)15-7-12(2,3)19-13(4,5)8-15/h9H,6-8H2,1-5H3,(H,14,18)(H,16,17)/t9-/m1/s1. The third-order valence-corrected chi connectivity index (χ3v) is 2.99. The Morgan fingerprint density at radius 1 is 1.26 bits per heavy atom. The first-order valence-corrected chi connectivity index (χ1v) is 6.55. The van der Waals surface area contributed by atoms with E-state index < -0.39 is 23.2 Å². The average Bonchev–Trinajstić information content (AvgIpc) is 2.20. The Kier molecular flexibility index (Phi) is 4.45. The molecule has 110 valence electrons. The molecule has 19 heavy (non-hydrogen) atoms. The molecule has 0 aromatic rings. The minimum absolute atomic E-state index is 0.348. The number of carbonyl (C=O) groups is 2. The van der Waals surface area contributed by atoms with E-state index in [9.17, 15) is 9.59 Å². The highest BCUT2D eigenvalue weighted by molar-refractivity contribution is 5.82. The van der Waals surface area contributed by atoms with E-state index in [0.29, 0.717) is 19.5 Å². The van der Waals surface area contributed by atoms with E-state index in [-0.39, 0.29) is 6.03 Å². The number of urea groups is 1. The van der Waals surface area contributed by atoms with Crippen LogP contribution in [0, 0.1) is 0 Å². The van der Waals surface area contributed by atoms with Gasteiger partial charge in [-0.1, -0.05) is 6.92 Å². The highest BCUT2D eigenvalue weighted by Gasteiger charge is 2.40. The van der Waals surface area contributed by atoms with Gasteiger partial charge in [-0.3, -0.25) is 0 Å². The topological polar surface area (TPSA) is 78.9 Å². The number of carboxylic acids is 1. The Morgan fingerprint density at radius 2 is 1.74 bits per heavy atom. The van der Waals surface area contributed by atoms with Crippen LogP contribution < -0.4 is 5.32 Å². The van der Waals surface area contributed by atoms with Gasteiger partial charge in [-0.2, -0.15) is 0 Å². The summed E-state index contributed by atoms with van der Waals surface area (Å²) in [4.78, 5) is 24.7. The van der Waals surface area contributed by atoms with Gasteiger partial charge in [-0.15, -0.1) is 0 Å². The lowest BCUT2D eigenvalue weighted by molar-refractivity contribution is -0.170. The van der Waals surface area contributed by atoms with Crippen molar-refractivity contribution >= 4 is 12.0 Å². The number of amides is 2. The van der Waals surface area contributed by atoms with Gasteiger partial charge >= 0.3 is 12.0 Å². The van der Waals surface area contributed by atoms with Crippen molar-refractivity contribution in [3.63, 3.8) is 0 Å². The molecule has 1 atom stereocenters. The van der Waals surface area contributed by atoms with E-state index >= 15 is 0 Å². The van der Waals surface area contributed by atoms with Gasteiger partial charge in [-0.05, 0) is 34.1 Å². The molecular weight excluding hydrogens is 248 g/mol. The van der Waals surface area contributed by atoms with Gasteiger partial charge in [0.25, 0.3) is 0 Å². The monoisotopic (exact) mass is 272 g/mol. The number of nitrogens with zero attached hydrogens (tertiary/aromatic N) is 1. The van der Waals surface area contributed by atoms with Crippen molar-refractivity contribution in [1.29, 1.82) is 0 Å². The lowest BCUT2D eigenvalue weighted by atomic mass is 9.99. The lowest BCUT2D eigenvalue weighted by Gasteiger charge is -2.47. The average molecular weight is 272 g/mol. The van der Waals surface area contributed by atoms with Crippen LogP contribution in [0.5, 0.6) is 0 Å². The molecule has 1 heterocycles. The summed E-state index contributed by atoms with van der Waals surface area (Å²) < 4.78 is 5.88. The van der Waals surface area contributed by atoms with Crippen LogP contribution in [-0.4, -0.2) is 52.3 Å². The Morgan fingerprint density at radius 3 is 2.11 bits per heavy atom. The molecule has 1 aliphatic rings. The fourth-order valence-electron chi connectivity index (χ4n) is 2.51. The Hall–Kier alpha value is -1.30. The molecule has 0 radical (unpaired) electrons. The Labute approximate surface area is 114 Å². The van der Waals surface area contributed by atoms with Crippen molar-refractivity contribution in [2.45, 2.75) is 58.3 Å². The zero-order chi connectivity index (χ0) is 14.8. The van der Waals surface area contributed by atoms with Crippen LogP contribution in [0.4, 0.5) is 4.79 Å². The van der Waals surface area contributed by atoms with Crippen molar-refractivity contribution in [1.82, 2.24) is 10.2 Å². The van der Waals surface area contributed by atoms with E-state index in [1.165, 1.54) is 0 Å². The normalized spacial score (nSPS) is 22.7. The number of hydrogen-bond donors (Lipinski definition) is 2. The SMILES string of the molecule is CC[C@@H](NC(=O)N1CC(C)(C)OC(C)(C)C1)C(=O)O. The van der Waals surface area contributed by atoms with E-state index in [2.05, 4.69) is 5.32 Å². The number of carboxylic acid groups (broad SMARTS) is 1. The molecule has 1 rings (SSSR count). The van der Waals surface area contributed by atoms with Gasteiger partial charge in [0.1, 0.15) is 6.04 Å². The molecule has 1 aliphatic heterocycles. The maximum Gasteiger partial charge on any atom is 0.326 e. The van der Waals surface area contributed by atoms with Crippen molar-refractivity contribution in [2.24, 2.45) is 0 Å². The first kappa shape index (κ1) is 15.8. The maximum atomic E-state index is 12.1. The number of hydrogen-bond acceptors (Lipinski definition) is 3. The molecule has 0 bridgehead atoms. The summed E-state index contributed by atoms with van der Waals surface area (Å²) in [6.07, 6.45) is 0.359. The fourth-order valence-corrected chi connectivity index (χ4v) is 2.51. The molecule has 1 fully saturated rings. The molecule has 0 aliphatic carbocycles. The summed E-state index contributed by atoms with van der Waals surface area (Å²) in [5.74, 6) is -1.01. The number of nitrogens with one attached hydrogen (secondary N) is 1. The summed E-state index contributed by atoms with van der Waals surface area (Å²) in [6, 6.07) is -1.19. The quantitative estimate of drug-likeness (QED) is 0.815. The van der Waals surface area contributed by atoms with Crippen LogP contribution in [0.15, 0.2) is 0 Å². The molecule has 6 heteroatoms. The Balaban J connectivity index is 2.73. The second-order valence-corrected chi connectivity index (χ2v) is 6.23. The summed E-state index contributed by atoms with van der Waals surface area (Å²) in [6.45, 7) is 10.3. The van der Waals surface area contributed by atoms with Crippen LogP contribution >= 0.6 is 0 Å². The van der Waals surface area contributed by atoms with Crippen molar-refractivity contribution in [3.8, 4) is 0 Å². The molecule has 2 amide bonds. The number of morpholine rings is 1. The number of rotatable bonds is 3. The van der Waals surface area contributed by atoms with Crippen LogP contribution in [0.25, 0.3) is 0 Å². The third-order valence-electron chi connectivity index (χ3n) is 2.99. The molecular formula is C13H24N2O4. The van der Waals surface area contributed by atoms with Gasteiger partial charge in [-0.25, -0.2) is 9.59 Å². The summed E-state index contributed by atoms with van der Waals surface area (Å²) >= 11 is 0. The van der Waals surface area contributed by atoms with Gasteiger partial charge in [0.15, 0.2) is 0 Å². The van der Waals surface area contributed by atoms with Crippen LogP contribution in [0.1, 0.15) is 41.0 Å². The van der Waals surface area contributed by atoms with Gasteiger partial charge < -0.3 is 20.1 Å². The van der Waals surface area contributed by atoms with Crippen molar-refractivity contribution < 1.29 is 19.4 Å². The van der Waals surface area contributed by atoms with E-state index in [1.807, 2.05) is 27.7 Å². The zero-order valence-electron chi connectivity index (χ0n) is 12.3. The predicted molar refractivity (Wildman–Crippen MR) is 71.1 cm³/mol. The molecule has 0 aromatic carbocycles. The van der Waals surface area contributed by atoms with Crippen LogP contribution in [0.2, 0.25) is 0 Å². The van der Waals surface area contributed by atoms with E-state index in [4.69, 9.17) is 9.84 Å². The second kappa shape index (κ2) is 5.36. The van der Waals surface area contributed by atoms with Crippen LogP contribution in [0.3, 0.4) is 0 Å². The first-order valence-electron chi connectivity index (χ1n) is 6.55. The van der Waals surface area contributed by atoms with Crippen molar-refractivity contribution in [3.05, 3.63) is 0 Å². The first-order chi connectivity index (χ1) is 8.56. The van der Waals surface area contributed by atoms with E-state index in [0.717, 1.165) is 0 Å². The van der Waals surface area contributed by atoms with Gasteiger partial charge in [0, 0.05) is 0 Å². The molecule has 2 N–H and O–H groups in total. The smallest absolute Gasteiger partial charge is 0.326 e. The summed E-state index contributed by atoms with van der Waals surface area (Å²) in [5.41, 5.74) is -0.881. The summed E-state index contributed by atoms with van der Waals surface area (Å²) in [7, 11) is 0. The zero-order valence-corrected chi connectivity index (χ0v) is 12.3. The lowest BCUT2D eigenvalue weighted by Crippen LogP contribution is -2.61. The highest BCUT2D eigenvalue weighted by atomic mass is 16.5. The second-order valence-electron chi connectivity index (χ2n) is 6.23. The fraction of sp³-hybridized carbons (Fsp3) is 0.846. The molecule has 0 aromatic heterocycles. The largest absolute Gasteiger partial charge is 0.480 e. The summed E-state index contributed by atoms with van der Waals surface area (Å²) in [5, 5.41) is 11.5. The van der Waals surface area contributed by atoms with Crippen molar-refractivity contribution in [2.75, 3.05) is 13.1 Å². The number of aliphatic carboxylic acids is 1. The van der Waals surface area contributed by atoms with Gasteiger partial charge in [0.05, 0.1) is 24.3 Å². The van der Waals surface area contributed by atoms with Crippen LogP contribution in [-0.2, 0) is 9.53 Å². The number of carbonyl (C=O) groups excluding carboxylic acids is 1. The molecule has 0 saturated carbocycles. The highest BCUT2D eigenvalue weighted by Crippen LogP contribution is 2.27. The number of ether oxygens (including phenoxy) is 1. The Bertz CT molecular complexity index is 350. The minimum Gasteiger partial charge on any atom is -0.480 e. The molecule has 0 unspecified atom stereocenters. The van der Waals surface area contributed by atoms with E-state index in [1.54, 1.807) is 11.8 Å². The third kappa shape index (κ3) is 4.38. The molecule has 1 saturated heterocycles. The molecule has 0 spiro atoms. The maximum absolute atomic E-state index is 12.1. The molecule has 6 nitrogen and oxygen atoms in total. The minimum atomic E-state index is -1.01. The predicted octanol–water partition coefficient (Wildman–Crippen LogP) is 1.45.